The van der Waals surface area contributed by atoms with Crippen molar-refractivity contribution in [3.8, 4) is 0 Å². The summed E-state index contributed by atoms with van der Waals surface area (Å²) in [5.41, 5.74) is 0.877. The third-order valence-corrected chi connectivity index (χ3v) is 8.17. The van der Waals surface area contributed by atoms with E-state index in [1.54, 1.807) is 26.7 Å². The maximum Gasteiger partial charge on any atom is 0.266 e. The molecule has 2 atom stereocenters. The molecule has 2 aromatic heterocycles. The van der Waals surface area contributed by atoms with Crippen molar-refractivity contribution in [2.45, 2.75) is 25.8 Å². The number of nitrogens with zero attached hydrogens (tertiary/aromatic N) is 3. The molecule has 0 spiro atoms. The van der Waals surface area contributed by atoms with Gasteiger partial charge < -0.3 is 9.88 Å². The molecule has 1 aliphatic rings. The lowest BCUT2D eigenvalue weighted by Crippen LogP contribution is -2.23. The molecule has 33 heavy (non-hydrogen) atoms. The topological polar surface area (TPSA) is 76.9 Å². The van der Waals surface area contributed by atoms with Gasteiger partial charge in [-0.15, -0.1) is 0 Å². The molecular weight excluding hydrogens is 452 g/mol. The third kappa shape index (κ3) is 4.47. The highest BCUT2D eigenvalue weighted by atomic mass is 31.2. The predicted molar refractivity (Wildman–Crippen MR) is 124 cm³/mol. The number of alkyl halides is 2. The minimum absolute atomic E-state index is 0.0818. The highest BCUT2D eigenvalue weighted by Crippen LogP contribution is 2.47. The molecule has 1 N–H and O–H groups in total. The van der Waals surface area contributed by atoms with Crippen molar-refractivity contribution in [1.29, 1.82) is 0 Å². The van der Waals surface area contributed by atoms with Crippen molar-refractivity contribution >= 4 is 29.6 Å². The minimum atomic E-state index is -2.92. The number of rotatable bonds is 5. The van der Waals surface area contributed by atoms with E-state index >= 15 is 0 Å². The number of benzene rings is 1. The van der Waals surface area contributed by atoms with Gasteiger partial charge in [0.15, 0.2) is 0 Å². The van der Waals surface area contributed by atoms with Gasteiger partial charge in [-0.2, -0.15) is 0 Å². The molecule has 0 fully saturated rings. The molecule has 4 rings (SSSR count). The Morgan fingerprint density at radius 3 is 2.61 bits per heavy atom. The number of aromatic nitrogens is 3. The van der Waals surface area contributed by atoms with Gasteiger partial charge in [0.1, 0.15) is 23.6 Å². The molecular formula is C23H24F3N4O2P. The first-order valence-electron chi connectivity index (χ1n) is 10.5. The van der Waals surface area contributed by atoms with E-state index in [4.69, 9.17) is 0 Å². The fourth-order valence-electron chi connectivity index (χ4n) is 4.07. The molecule has 0 saturated carbocycles. The van der Waals surface area contributed by atoms with E-state index in [2.05, 4.69) is 15.3 Å². The average molecular weight is 476 g/mol. The van der Waals surface area contributed by atoms with Gasteiger partial charge in [-0.1, -0.05) is 24.3 Å². The van der Waals surface area contributed by atoms with Crippen molar-refractivity contribution in [2.24, 2.45) is 7.05 Å². The first-order chi connectivity index (χ1) is 15.6. The van der Waals surface area contributed by atoms with E-state index < -0.39 is 31.0 Å². The quantitative estimate of drug-likeness (QED) is 0.502. The molecule has 1 aliphatic heterocycles. The lowest BCUT2D eigenvalue weighted by atomic mass is 10.0. The van der Waals surface area contributed by atoms with Crippen LogP contribution < -0.4 is 10.9 Å². The number of pyridine rings is 1. The van der Waals surface area contributed by atoms with E-state index in [0.717, 1.165) is 11.6 Å². The van der Waals surface area contributed by atoms with Crippen LogP contribution in [0.4, 0.5) is 19.0 Å². The molecule has 10 heteroatoms. The van der Waals surface area contributed by atoms with Crippen LogP contribution in [0, 0.1) is 5.82 Å². The number of fused-ring (bicyclic) bond motifs is 1. The fourth-order valence-corrected chi connectivity index (χ4v) is 5.57. The van der Waals surface area contributed by atoms with Crippen molar-refractivity contribution in [2.75, 3.05) is 24.3 Å². The zero-order valence-electron chi connectivity index (χ0n) is 18.5. The number of anilines is 1. The fraction of sp³-hybridized carbons (Fsp3) is 0.348. The molecule has 0 radical (unpaired) electrons. The van der Waals surface area contributed by atoms with Crippen LogP contribution >= 0.6 is 7.14 Å². The number of allylic oxidation sites excluding steroid dienone is 2. The highest BCUT2D eigenvalue weighted by Gasteiger charge is 2.24. The number of halogens is 3. The van der Waals surface area contributed by atoms with Crippen LogP contribution in [0.5, 0.6) is 0 Å². The normalized spacial score (nSPS) is 19.5. The van der Waals surface area contributed by atoms with Crippen LogP contribution in [0.3, 0.4) is 0 Å². The van der Waals surface area contributed by atoms with Crippen molar-refractivity contribution in [1.82, 2.24) is 14.5 Å². The molecule has 0 amide bonds. The van der Waals surface area contributed by atoms with Crippen LogP contribution in [0.1, 0.15) is 42.5 Å². The van der Waals surface area contributed by atoms with E-state index in [1.165, 1.54) is 23.0 Å². The van der Waals surface area contributed by atoms with Gasteiger partial charge >= 0.3 is 0 Å². The Balaban J connectivity index is 1.78. The van der Waals surface area contributed by atoms with Crippen molar-refractivity contribution < 1.29 is 17.7 Å². The number of hydrogen-bond donors (Lipinski definition) is 1. The maximum atomic E-state index is 14.6. The second kappa shape index (κ2) is 8.78. The lowest BCUT2D eigenvalue weighted by Gasteiger charge is -2.21. The second-order valence-electron chi connectivity index (χ2n) is 8.48. The summed E-state index contributed by atoms with van der Waals surface area (Å²) in [5, 5.41) is 3.62. The molecule has 3 aromatic rings. The summed E-state index contributed by atoms with van der Waals surface area (Å²) in [4.78, 5) is 21.5. The zero-order chi connectivity index (χ0) is 23.9. The number of nitrogens with one attached hydrogen (secondary N) is 1. The summed E-state index contributed by atoms with van der Waals surface area (Å²) < 4.78 is 54.7. The van der Waals surface area contributed by atoms with Crippen molar-refractivity contribution in [3.05, 3.63) is 69.5 Å². The largest absolute Gasteiger partial charge is 0.363 e. The SMILES string of the molecule is C[C@@H](Nc1ncnc2c1cc(C1=CC[P@@](C)(=O)CC1)c(=O)n2C)c1cccc(C(F)F)c1F. The van der Waals surface area contributed by atoms with Gasteiger partial charge in [-0.3, -0.25) is 9.36 Å². The Kier molecular flexibility index (Phi) is 6.18. The van der Waals surface area contributed by atoms with Gasteiger partial charge in [0, 0.05) is 30.5 Å². The first kappa shape index (κ1) is 23.2. The molecule has 6 nitrogen and oxygen atoms in total. The van der Waals surface area contributed by atoms with Crippen LogP contribution in [-0.2, 0) is 11.6 Å². The lowest BCUT2D eigenvalue weighted by molar-refractivity contribution is 0.146. The molecule has 0 unspecified atom stereocenters. The second-order valence-corrected chi connectivity index (χ2v) is 11.9. The predicted octanol–water partition coefficient (Wildman–Crippen LogP) is 5.36. The highest BCUT2D eigenvalue weighted by molar-refractivity contribution is 7.63. The molecule has 0 aliphatic carbocycles. The van der Waals surface area contributed by atoms with E-state index in [9.17, 15) is 22.5 Å². The maximum absolute atomic E-state index is 14.6. The summed E-state index contributed by atoms with van der Waals surface area (Å²) in [6.07, 6.45) is 1.74. The first-order valence-corrected chi connectivity index (χ1v) is 13.0. The van der Waals surface area contributed by atoms with Gasteiger partial charge in [-0.25, -0.2) is 23.1 Å². The molecule has 1 aromatic carbocycles. The van der Waals surface area contributed by atoms with Gasteiger partial charge in [-0.05, 0) is 31.6 Å². The number of aryl methyl sites for hydroxylation is 1. The van der Waals surface area contributed by atoms with Gasteiger partial charge in [0.05, 0.1) is 24.1 Å². The third-order valence-electron chi connectivity index (χ3n) is 6.04. The molecule has 0 saturated heterocycles. The van der Waals surface area contributed by atoms with Gasteiger partial charge in [0.2, 0.25) is 0 Å². The smallest absolute Gasteiger partial charge is 0.266 e. The Morgan fingerprint density at radius 1 is 1.21 bits per heavy atom. The molecule has 174 valence electrons. The summed E-state index contributed by atoms with van der Waals surface area (Å²) in [6.45, 7) is 3.41. The Labute approximate surface area is 188 Å². The van der Waals surface area contributed by atoms with Crippen molar-refractivity contribution in [3.63, 3.8) is 0 Å². The summed E-state index contributed by atoms with van der Waals surface area (Å²) in [7, 11) is -0.604. The van der Waals surface area contributed by atoms with E-state index in [0.29, 0.717) is 41.2 Å². The molecule has 3 heterocycles. The minimum Gasteiger partial charge on any atom is -0.363 e. The standard InChI is InChI=1S/C23H24F3N4O2P/c1-13(15-5-4-6-16(19(15)24)20(25)26)29-21-18-11-17(14-7-9-33(3,32)10-8-14)23(31)30(2)22(18)28-12-27-21/h4-7,11-13,20H,8-10H2,1-3H3,(H,27,28,29)/t13-,33-/m1/s1. The average Bonchev–Trinajstić information content (AvgIpc) is 2.76. The Bertz CT molecular complexity index is 1370. The summed E-state index contributed by atoms with van der Waals surface area (Å²) in [5.74, 6) is -0.612. The van der Waals surface area contributed by atoms with E-state index in [-0.39, 0.29) is 11.1 Å². The molecule has 0 bridgehead atoms. The number of hydrogen-bond acceptors (Lipinski definition) is 5. The zero-order valence-corrected chi connectivity index (χ0v) is 19.4. The Morgan fingerprint density at radius 2 is 1.94 bits per heavy atom. The summed E-state index contributed by atoms with van der Waals surface area (Å²) >= 11 is 0. The van der Waals surface area contributed by atoms with Crippen LogP contribution in [0.2, 0.25) is 0 Å². The van der Waals surface area contributed by atoms with Crippen LogP contribution in [0.15, 0.2) is 41.5 Å². The summed E-state index contributed by atoms with van der Waals surface area (Å²) in [6, 6.07) is 4.91. The van der Waals surface area contributed by atoms with Crippen LogP contribution in [-0.4, -0.2) is 33.5 Å². The van der Waals surface area contributed by atoms with Gasteiger partial charge in [0.25, 0.3) is 12.0 Å². The van der Waals surface area contributed by atoms with E-state index in [1.807, 2.05) is 6.08 Å². The van der Waals surface area contributed by atoms with Crippen LogP contribution in [0.25, 0.3) is 16.6 Å². The monoisotopic (exact) mass is 476 g/mol. The Hall–Kier alpha value is -2.93.